The maximum absolute atomic E-state index is 14.1. The first-order chi connectivity index (χ1) is 18.5. The molecule has 39 heavy (non-hydrogen) atoms. The normalized spacial score (nSPS) is 13.4. The lowest BCUT2D eigenvalue weighted by atomic mass is 9.99. The Morgan fingerprint density at radius 2 is 1.64 bits per heavy atom. The van der Waals surface area contributed by atoms with Crippen molar-refractivity contribution in [1.82, 2.24) is 0 Å². The van der Waals surface area contributed by atoms with E-state index in [2.05, 4.69) is 5.32 Å². The molecule has 1 amide bonds. The molecular formula is C30H31F3N2O4. The molecule has 1 heterocycles. The molecule has 9 heteroatoms. The average Bonchev–Trinajstić information content (AvgIpc) is 3.38. The lowest BCUT2D eigenvalue weighted by Gasteiger charge is -2.25. The van der Waals surface area contributed by atoms with Crippen LogP contribution in [0.4, 0.5) is 24.5 Å². The monoisotopic (exact) mass is 540 g/mol. The number of halogens is 3. The molecule has 3 aromatic rings. The van der Waals surface area contributed by atoms with Gasteiger partial charge in [0.15, 0.2) is 0 Å². The first kappa shape index (κ1) is 28.0. The SMILES string of the molecule is Cc1cc(OCCc2ccccc2)cc(C)c1C(=O)Nc1cc(CC(=O)O)c(N2CCCC2)cc1C(F)(F)F. The zero-order chi connectivity index (χ0) is 28.2. The molecule has 1 aliphatic rings. The van der Waals surface area contributed by atoms with Gasteiger partial charge in [0, 0.05) is 30.8 Å². The molecule has 0 spiro atoms. The van der Waals surface area contributed by atoms with E-state index in [4.69, 9.17) is 4.74 Å². The van der Waals surface area contributed by atoms with E-state index in [0.29, 0.717) is 43.0 Å². The fourth-order valence-corrected chi connectivity index (χ4v) is 5.01. The number of alkyl halides is 3. The molecule has 206 valence electrons. The Bertz CT molecular complexity index is 1330. The summed E-state index contributed by atoms with van der Waals surface area (Å²) >= 11 is 0. The number of carbonyl (C=O) groups excluding carboxylic acids is 1. The zero-order valence-electron chi connectivity index (χ0n) is 21.9. The molecule has 0 atom stereocenters. The first-order valence-corrected chi connectivity index (χ1v) is 12.8. The smallest absolute Gasteiger partial charge is 0.418 e. The van der Waals surface area contributed by atoms with Crippen LogP contribution in [0.1, 0.15) is 51.0 Å². The predicted octanol–water partition coefficient (Wildman–Crippen LogP) is 6.42. The highest BCUT2D eigenvalue weighted by Crippen LogP contribution is 2.40. The number of nitrogens with one attached hydrogen (secondary N) is 1. The van der Waals surface area contributed by atoms with Crippen LogP contribution in [-0.2, 0) is 23.8 Å². The minimum Gasteiger partial charge on any atom is -0.493 e. The van der Waals surface area contributed by atoms with Crippen LogP contribution in [0.5, 0.6) is 5.75 Å². The van der Waals surface area contributed by atoms with Crippen molar-refractivity contribution >= 4 is 23.3 Å². The van der Waals surface area contributed by atoms with Crippen LogP contribution in [0.15, 0.2) is 54.6 Å². The van der Waals surface area contributed by atoms with E-state index in [1.165, 1.54) is 0 Å². The molecular weight excluding hydrogens is 509 g/mol. The topological polar surface area (TPSA) is 78.9 Å². The van der Waals surface area contributed by atoms with E-state index in [1.807, 2.05) is 30.3 Å². The second-order valence-corrected chi connectivity index (χ2v) is 9.76. The summed E-state index contributed by atoms with van der Waals surface area (Å²) in [5.41, 5.74) is 1.46. The number of nitrogens with zero attached hydrogens (tertiary/aromatic N) is 1. The van der Waals surface area contributed by atoms with Gasteiger partial charge in [-0.3, -0.25) is 9.59 Å². The standard InChI is InChI=1S/C30H31F3N2O4/c1-19-14-23(39-13-10-21-8-4-3-5-9-21)15-20(2)28(19)29(38)34-25-16-22(17-27(36)37)26(35-11-6-7-12-35)18-24(25)30(31,32)33/h3-5,8-9,14-16,18H,6-7,10-13,17H2,1-2H3,(H,34,38)(H,36,37). The molecule has 3 aromatic carbocycles. The average molecular weight is 541 g/mol. The van der Waals surface area contributed by atoms with Gasteiger partial charge in [-0.2, -0.15) is 13.2 Å². The van der Waals surface area contributed by atoms with Crippen molar-refractivity contribution in [3.8, 4) is 5.75 Å². The molecule has 1 fully saturated rings. The molecule has 6 nitrogen and oxygen atoms in total. The van der Waals surface area contributed by atoms with Crippen molar-refractivity contribution in [3.63, 3.8) is 0 Å². The van der Waals surface area contributed by atoms with E-state index >= 15 is 0 Å². The van der Waals surface area contributed by atoms with Crippen LogP contribution >= 0.6 is 0 Å². The summed E-state index contributed by atoms with van der Waals surface area (Å²) in [4.78, 5) is 26.6. The number of carboxylic acids is 1. The van der Waals surface area contributed by atoms with E-state index in [9.17, 15) is 27.9 Å². The molecule has 0 bridgehead atoms. The summed E-state index contributed by atoms with van der Waals surface area (Å²) in [5.74, 6) is -1.31. The van der Waals surface area contributed by atoms with Gasteiger partial charge in [0.05, 0.1) is 24.3 Å². The number of carbonyl (C=O) groups is 2. The number of ether oxygens (including phenoxy) is 1. The molecule has 1 saturated heterocycles. The van der Waals surface area contributed by atoms with Gasteiger partial charge in [0.1, 0.15) is 5.75 Å². The highest BCUT2D eigenvalue weighted by Gasteiger charge is 2.36. The van der Waals surface area contributed by atoms with Crippen molar-refractivity contribution in [1.29, 1.82) is 0 Å². The Labute approximate surface area is 225 Å². The second kappa shape index (κ2) is 11.8. The molecule has 4 rings (SSSR count). The van der Waals surface area contributed by atoms with E-state index < -0.39 is 35.7 Å². The van der Waals surface area contributed by atoms with Crippen LogP contribution in [0.2, 0.25) is 0 Å². The summed E-state index contributed by atoms with van der Waals surface area (Å²) < 4.78 is 48.2. The zero-order valence-corrected chi connectivity index (χ0v) is 21.9. The number of amides is 1. The van der Waals surface area contributed by atoms with Crippen molar-refractivity contribution in [2.75, 3.05) is 29.9 Å². The number of aliphatic carboxylic acids is 1. The van der Waals surface area contributed by atoms with Crippen LogP contribution in [0, 0.1) is 13.8 Å². The van der Waals surface area contributed by atoms with Gasteiger partial charge in [-0.05, 0) is 73.2 Å². The Morgan fingerprint density at radius 3 is 2.23 bits per heavy atom. The molecule has 0 unspecified atom stereocenters. The van der Waals surface area contributed by atoms with Crippen LogP contribution in [0.25, 0.3) is 0 Å². The highest BCUT2D eigenvalue weighted by molar-refractivity contribution is 6.07. The third-order valence-electron chi connectivity index (χ3n) is 6.80. The molecule has 1 aliphatic heterocycles. The lowest BCUT2D eigenvalue weighted by Crippen LogP contribution is -2.23. The summed E-state index contributed by atoms with van der Waals surface area (Å²) in [7, 11) is 0. The minimum atomic E-state index is -4.75. The number of benzene rings is 3. The van der Waals surface area contributed by atoms with E-state index in [-0.39, 0.29) is 16.8 Å². The molecule has 2 N–H and O–H groups in total. The van der Waals surface area contributed by atoms with Crippen molar-refractivity contribution in [2.24, 2.45) is 0 Å². The Balaban J connectivity index is 1.60. The van der Waals surface area contributed by atoms with Crippen molar-refractivity contribution in [2.45, 2.75) is 45.7 Å². The number of aryl methyl sites for hydroxylation is 2. The quantitative estimate of drug-likeness (QED) is 0.327. The Hall–Kier alpha value is -4.01. The summed E-state index contributed by atoms with van der Waals surface area (Å²) in [6, 6.07) is 15.3. The number of anilines is 2. The highest BCUT2D eigenvalue weighted by atomic mass is 19.4. The van der Waals surface area contributed by atoms with Gasteiger partial charge in [-0.15, -0.1) is 0 Å². The predicted molar refractivity (Wildman–Crippen MR) is 144 cm³/mol. The largest absolute Gasteiger partial charge is 0.493 e. The number of rotatable bonds is 9. The second-order valence-electron chi connectivity index (χ2n) is 9.76. The maximum Gasteiger partial charge on any atom is 0.418 e. The lowest BCUT2D eigenvalue weighted by molar-refractivity contribution is -0.137. The van der Waals surface area contributed by atoms with Crippen LogP contribution in [-0.4, -0.2) is 36.7 Å². The summed E-state index contributed by atoms with van der Waals surface area (Å²) in [5, 5.41) is 11.8. The number of carboxylic acid groups (broad SMARTS) is 1. The summed E-state index contributed by atoms with van der Waals surface area (Å²) in [6.45, 7) is 4.92. The first-order valence-electron chi connectivity index (χ1n) is 12.8. The third kappa shape index (κ3) is 6.90. The van der Waals surface area contributed by atoms with Crippen molar-refractivity contribution < 1.29 is 32.6 Å². The molecule has 0 aromatic heterocycles. The van der Waals surface area contributed by atoms with Crippen LogP contribution < -0.4 is 15.0 Å². The Morgan fingerprint density at radius 1 is 1.00 bits per heavy atom. The molecule has 0 saturated carbocycles. The molecule has 0 radical (unpaired) electrons. The van der Waals surface area contributed by atoms with E-state index in [1.54, 1.807) is 30.9 Å². The van der Waals surface area contributed by atoms with Crippen molar-refractivity contribution in [3.05, 3.63) is 88.0 Å². The summed E-state index contributed by atoms with van der Waals surface area (Å²) in [6.07, 6.45) is -2.87. The maximum atomic E-state index is 14.1. The number of hydrogen-bond donors (Lipinski definition) is 2. The number of hydrogen-bond acceptors (Lipinski definition) is 4. The fourth-order valence-electron chi connectivity index (χ4n) is 5.01. The fraction of sp³-hybridized carbons (Fsp3) is 0.333. The minimum absolute atomic E-state index is 0.225. The van der Waals surface area contributed by atoms with E-state index in [0.717, 1.165) is 30.5 Å². The Kier molecular flexibility index (Phi) is 8.47. The van der Waals surface area contributed by atoms with Gasteiger partial charge < -0.3 is 20.1 Å². The molecule has 0 aliphatic carbocycles. The van der Waals surface area contributed by atoms with Gasteiger partial charge in [-0.1, -0.05) is 30.3 Å². The van der Waals surface area contributed by atoms with Gasteiger partial charge in [0.25, 0.3) is 5.91 Å². The van der Waals surface area contributed by atoms with Gasteiger partial charge in [0.2, 0.25) is 0 Å². The van der Waals surface area contributed by atoms with Gasteiger partial charge >= 0.3 is 12.1 Å². The van der Waals surface area contributed by atoms with Crippen LogP contribution in [0.3, 0.4) is 0 Å². The van der Waals surface area contributed by atoms with Gasteiger partial charge in [-0.25, -0.2) is 0 Å². The third-order valence-corrected chi connectivity index (χ3v) is 6.80.